The number of benzene rings is 1. The molecule has 0 saturated heterocycles. The van der Waals surface area contributed by atoms with Crippen LogP contribution in [0.3, 0.4) is 0 Å². The fraction of sp³-hybridized carbons (Fsp3) is 0.385. The van der Waals surface area contributed by atoms with Crippen molar-refractivity contribution in [1.29, 1.82) is 5.26 Å². The highest BCUT2D eigenvalue weighted by Crippen LogP contribution is 2.13. The number of rotatable bonds is 4. The molecule has 0 saturated carbocycles. The van der Waals surface area contributed by atoms with E-state index in [4.69, 9.17) is 10.00 Å². The highest BCUT2D eigenvalue weighted by atomic mass is 16.5. The average molecular weight is 232 g/mol. The van der Waals surface area contributed by atoms with E-state index < -0.39 is 6.10 Å². The predicted octanol–water partition coefficient (Wildman–Crippen LogP) is 1.77. The Morgan fingerprint density at radius 2 is 1.94 bits per heavy atom. The molecule has 17 heavy (non-hydrogen) atoms. The third-order valence-corrected chi connectivity index (χ3v) is 2.62. The van der Waals surface area contributed by atoms with Gasteiger partial charge in [-0.2, -0.15) is 5.26 Å². The quantitative estimate of drug-likeness (QED) is 0.860. The van der Waals surface area contributed by atoms with E-state index in [2.05, 4.69) is 11.4 Å². The van der Waals surface area contributed by atoms with Crippen LogP contribution in [0.2, 0.25) is 0 Å². The van der Waals surface area contributed by atoms with Gasteiger partial charge in [0.1, 0.15) is 6.10 Å². The largest absolute Gasteiger partial charge is 0.372 e. The SMILES string of the molecule is COC(C)C(=O)NC(C)c1ccc(C#N)cc1. The molecule has 2 atom stereocenters. The predicted molar refractivity (Wildman–Crippen MR) is 64.2 cm³/mol. The van der Waals surface area contributed by atoms with E-state index >= 15 is 0 Å². The molecule has 0 spiro atoms. The minimum atomic E-state index is -0.462. The van der Waals surface area contributed by atoms with Crippen molar-refractivity contribution in [2.45, 2.75) is 26.0 Å². The number of nitrogens with zero attached hydrogens (tertiary/aromatic N) is 1. The molecule has 1 rings (SSSR count). The van der Waals surface area contributed by atoms with Gasteiger partial charge in [-0.15, -0.1) is 0 Å². The Bertz CT molecular complexity index is 420. The molecule has 0 heterocycles. The molecule has 4 heteroatoms. The molecule has 1 aromatic rings. The van der Waals surface area contributed by atoms with Gasteiger partial charge in [0.15, 0.2) is 0 Å². The van der Waals surface area contributed by atoms with Gasteiger partial charge in [-0.25, -0.2) is 0 Å². The van der Waals surface area contributed by atoms with Gasteiger partial charge in [0.25, 0.3) is 0 Å². The number of carbonyl (C=O) groups is 1. The van der Waals surface area contributed by atoms with Crippen molar-refractivity contribution in [2.75, 3.05) is 7.11 Å². The van der Waals surface area contributed by atoms with Crippen LogP contribution in [-0.4, -0.2) is 19.1 Å². The zero-order valence-electron chi connectivity index (χ0n) is 10.2. The summed E-state index contributed by atoms with van der Waals surface area (Å²) in [4.78, 5) is 11.6. The third-order valence-electron chi connectivity index (χ3n) is 2.62. The molecular weight excluding hydrogens is 216 g/mol. The van der Waals surface area contributed by atoms with E-state index in [1.165, 1.54) is 7.11 Å². The van der Waals surface area contributed by atoms with Crippen molar-refractivity contribution < 1.29 is 9.53 Å². The van der Waals surface area contributed by atoms with Crippen LogP contribution in [-0.2, 0) is 9.53 Å². The van der Waals surface area contributed by atoms with Crippen molar-refractivity contribution >= 4 is 5.91 Å². The summed E-state index contributed by atoms with van der Waals surface area (Å²) in [5.41, 5.74) is 1.57. The molecule has 4 nitrogen and oxygen atoms in total. The third kappa shape index (κ3) is 3.58. The molecule has 0 aromatic heterocycles. The second kappa shape index (κ2) is 6.02. The molecule has 1 aromatic carbocycles. The zero-order chi connectivity index (χ0) is 12.8. The smallest absolute Gasteiger partial charge is 0.249 e. The normalized spacial score (nSPS) is 13.5. The van der Waals surface area contributed by atoms with Crippen LogP contribution in [0, 0.1) is 11.3 Å². The van der Waals surface area contributed by atoms with Gasteiger partial charge >= 0.3 is 0 Å². The van der Waals surface area contributed by atoms with Crippen LogP contribution >= 0.6 is 0 Å². The summed E-state index contributed by atoms with van der Waals surface area (Å²) in [6.45, 7) is 3.59. The molecular formula is C13H16N2O2. The molecule has 90 valence electrons. The maximum absolute atomic E-state index is 11.6. The summed E-state index contributed by atoms with van der Waals surface area (Å²) in [7, 11) is 1.50. The summed E-state index contributed by atoms with van der Waals surface area (Å²) < 4.78 is 4.93. The highest BCUT2D eigenvalue weighted by Gasteiger charge is 2.15. The topological polar surface area (TPSA) is 62.1 Å². The van der Waals surface area contributed by atoms with E-state index in [1.54, 1.807) is 19.1 Å². The Morgan fingerprint density at radius 1 is 1.35 bits per heavy atom. The van der Waals surface area contributed by atoms with E-state index in [1.807, 2.05) is 19.1 Å². The number of methoxy groups -OCH3 is 1. The molecule has 1 N–H and O–H groups in total. The van der Waals surface area contributed by atoms with E-state index in [0.29, 0.717) is 5.56 Å². The van der Waals surface area contributed by atoms with E-state index in [9.17, 15) is 4.79 Å². The number of hydrogen-bond donors (Lipinski definition) is 1. The van der Waals surface area contributed by atoms with Gasteiger partial charge in [-0.05, 0) is 31.5 Å². The van der Waals surface area contributed by atoms with Crippen LogP contribution in [0.15, 0.2) is 24.3 Å². The number of nitrogens with one attached hydrogen (secondary N) is 1. The lowest BCUT2D eigenvalue weighted by Crippen LogP contribution is -2.35. The molecule has 0 aliphatic rings. The molecule has 1 amide bonds. The number of hydrogen-bond acceptors (Lipinski definition) is 3. The lowest BCUT2D eigenvalue weighted by molar-refractivity contribution is -0.130. The Hall–Kier alpha value is -1.86. The van der Waals surface area contributed by atoms with Gasteiger partial charge < -0.3 is 10.1 Å². The monoisotopic (exact) mass is 232 g/mol. The summed E-state index contributed by atoms with van der Waals surface area (Å²) in [5.74, 6) is -0.149. The first-order chi connectivity index (χ1) is 8.08. The molecule has 0 radical (unpaired) electrons. The van der Waals surface area contributed by atoms with Crippen molar-refractivity contribution in [3.05, 3.63) is 35.4 Å². The first kappa shape index (κ1) is 13.2. The van der Waals surface area contributed by atoms with Crippen molar-refractivity contribution in [1.82, 2.24) is 5.32 Å². The number of nitriles is 1. The summed E-state index contributed by atoms with van der Waals surface area (Å²) >= 11 is 0. The maximum Gasteiger partial charge on any atom is 0.249 e. The van der Waals surface area contributed by atoms with Crippen molar-refractivity contribution in [3.8, 4) is 6.07 Å². The Morgan fingerprint density at radius 3 is 2.41 bits per heavy atom. The first-order valence-electron chi connectivity index (χ1n) is 5.41. The number of ether oxygens (including phenoxy) is 1. The summed E-state index contributed by atoms with van der Waals surface area (Å²) in [6.07, 6.45) is -0.462. The fourth-order valence-electron chi connectivity index (χ4n) is 1.37. The second-order valence-electron chi connectivity index (χ2n) is 3.84. The second-order valence-corrected chi connectivity index (χ2v) is 3.84. The lowest BCUT2D eigenvalue weighted by Gasteiger charge is -2.17. The van der Waals surface area contributed by atoms with Gasteiger partial charge in [-0.1, -0.05) is 12.1 Å². The van der Waals surface area contributed by atoms with Crippen LogP contribution in [0.5, 0.6) is 0 Å². The van der Waals surface area contributed by atoms with E-state index in [-0.39, 0.29) is 11.9 Å². The highest BCUT2D eigenvalue weighted by molar-refractivity contribution is 5.80. The average Bonchev–Trinajstić information content (AvgIpc) is 2.37. The van der Waals surface area contributed by atoms with Crippen LogP contribution in [0.1, 0.15) is 31.0 Å². The van der Waals surface area contributed by atoms with Gasteiger partial charge in [0, 0.05) is 7.11 Å². The maximum atomic E-state index is 11.6. The molecule has 0 aliphatic heterocycles. The molecule has 2 unspecified atom stereocenters. The van der Waals surface area contributed by atoms with E-state index in [0.717, 1.165) is 5.56 Å². The number of amides is 1. The zero-order valence-corrected chi connectivity index (χ0v) is 10.2. The van der Waals surface area contributed by atoms with Crippen molar-refractivity contribution in [3.63, 3.8) is 0 Å². The first-order valence-corrected chi connectivity index (χ1v) is 5.41. The minimum absolute atomic E-state index is 0.104. The van der Waals surface area contributed by atoms with Gasteiger partial charge in [0.05, 0.1) is 17.7 Å². The summed E-state index contributed by atoms with van der Waals surface area (Å²) in [5, 5.41) is 11.5. The molecule has 0 fully saturated rings. The Labute approximate surface area is 101 Å². The van der Waals surface area contributed by atoms with Crippen LogP contribution in [0.25, 0.3) is 0 Å². The van der Waals surface area contributed by atoms with Crippen molar-refractivity contribution in [2.24, 2.45) is 0 Å². The molecule has 0 aliphatic carbocycles. The van der Waals surface area contributed by atoms with Crippen LogP contribution in [0.4, 0.5) is 0 Å². The fourth-order valence-corrected chi connectivity index (χ4v) is 1.37. The summed E-state index contributed by atoms with van der Waals surface area (Å²) in [6, 6.07) is 9.09. The Kier molecular flexibility index (Phi) is 4.68. The minimum Gasteiger partial charge on any atom is -0.372 e. The van der Waals surface area contributed by atoms with Gasteiger partial charge in [0.2, 0.25) is 5.91 Å². The Balaban J connectivity index is 2.67. The van der Waals surface area contributed by atoms with Gasteiger partial charge in [-0.3, -0.25) is 4.79 Å². The molecule has 0 bridgehead atoms. The van der Waals surface area contributed by atoms with Crippen LogP contribution < -0.4 is 5.32 Å². The lowest BCUT2D eigenvalue weighted by atomic mass is 10.1. The number of carbonyl (C=O) groups excluding carboxylic acids is 1. The standard InChI is InChI=1S/C13H16N2O2/c1-9(15-13(16)10(2)17-3)12-6-4-11(8-14)5-7-12/h4-7,9-10H,1-3H3,(H,15,16).